The average molecular weight is 192 g/mol. The van der Waals surface area contributed by atoms with Gasteiger partial charge in [0.1, 0.15) is 0 Å². The molecule has 0 aromatic heterocycles. The Hall–Kier alpha value is -0.680. The summed E-state index contributed by atoms with van der Waals surface area (Å²) >= 11 is 0. The van der Waals surface area contributed by atoms with Crippen molar-refractivity contribution < 1.29 is 26.3 Å². The number of allylic oxidation sites excluding steroid dienone is 1. The highest BCUT2D eigenvalue weighted by atomic mass is 19.4. The van der Waals surface area contributed by atoms with Crippen LogP contribution in [0.5, 0.6) is 0 Å². The van der Waals surface area contributed by atoms with Gasteiger partial charge in [-0.05, 0) is 6.08 Å². The quantitative estimate of drug-likeness (QED) is 0.476. The monoisotopic (exact) mass is 192 g/mol. The van der Waals surface area contributed by atoms with E-state index in [1.165, 1.54) is 0 Å². The van der Waals surface area contributed by atoms with Crippen molar-refractivity contribution in [3.63, 3.8) is 0 Å². The lowest BCUT2D eigenvalue weighted by molar-refractivity contribution is -0.194. The van der Waals surface area contributed by atoms with Crippen LogP contribution in [0.3, 0.4) is 0 Å². The molecule has 0 aliphatic heterocycles. The van der Waals surface area contributed by atoms with Crippen LogP contribution in [-0.4, -0.2) is 18.3 Å². The molecule has 0 heterocycles. The molecule has 1 unspecified atom stereocenters. The zero-order chi connectivity index (χ0) is 9.99. The molecule has 0 radical (unpaired) electrons. The van der Waals surface area contributed by atoms with Crippen molar-refractivity contribution >= 4 is 0 Å². The van der Waals surface area contributed by atoms with Crippen molar-refractivity contribution in [2.45, 2.75) is 24.7 Å². The fourth-order valence-corrected chi connectivity index (χ4v) is 0.438. The van der Waals surface area contributed by atoms with Gasteiger partial charge >= 0.3 is 6.18 Å². The van der Waals surface area contributed by atoms with E-state index in [0.29, 0.717) is 0 Å². The maximum Gasteiger partial charge on any atom is 0.419 e. The molecule has 0 fully saturated rings. The second-order valence-electron chi connectivity index (χ2n) is 2.18. The first kappa shape index (κ1) is 11.3. The van der Waals surface area contributed by atoms with E-state index in [4.69, 9.17) is 0 Å². The van der Waals surface area contributed by atoms with Gasteiger partial charge in [-0.1, -0.05) is 6.58 Å². The van der Waals surface area contributed by atoms with E-state index in [-0.39, 0.29) is 6.08 Å². The lowest BCUT2D eigenvalue weighted by atomic mass is 10.1. The zero-order valence-electron chi connectivity index (χ0n) is 5.84. The summed E-state index contributed by atoms with van der Waals surface area (Å²) in [4.78, 5) is 0. The second-order valence-corrected chi connectivity index (χ2v) is 2.18. The van der Waals surface area contributed by atoms with Gasteiger partial charge < -0.3 is 0 Å². The third-order valence-electron chi connectivity index (χ3n) is 1.11. The first-order chi connectivity index (χ1) is 5.19. The fourth-order valence-electron chi connectivity index (χ4n) is 0.438. The molecule has 0 amide bonds. The predicted molar refractivity (Wildman–Crippen MR) is 30.7 cm³/mol. The molecular weight excluding hydrogens is 186 g/mol. The maximum absolute atomic E-state index is 12.1. The molecule has 0 saturated carbocycles. The van der Waals surface area contributed by atoms with Gasteiger partial charge in [0.25, 0.3) is 5.92 Å². The van der Waals surface area contributed by atoms with Crippen LogP contribution in [0.1, 0.15) is 6.42 Å². The Morgan fingerprint density at radius 2 is 1.58 bits per heavy atom. The smallest absolute Gasteiger partial charge is 0.237 e. The molecule has 0 saturated heterocycles. The Kier molecular flexibility index (Phi) is 3.17. The molecule has 6 heteroatoms. The summed E-state index contributed by atoms with van der Waals surface area (Å²) in [5.74, 6) is -3.81. The number of hydrogen-bond acceptors (Lipinski definition) is 0. The minimum Gasteiger partial charge on any atom is -0.237 e. The summed E-state index contributed by atoms with van der Waals surface area (Å²) in [7, 11) is 0. The van der Waals surface area contributed by atoms with E-state index in [2.05, 4.69) is 6.58 Å². The second kappa shape index (κ2) is 3.37. The molecule has 0 aromatic carbocycles. The van der Waals surface area contributed by atoms with E-state index in [1.54, 1.807) is 0 Å². The highest BCUT2D eigenvalue weighted by Gasteiger charge is 2.45. The van der Waals surface area contributed by atoms with Crippen LogP contribution in [0.4, 0.5) is 26.3 Å². The topological polar surface area (TPSA) is 0 Å². The Balaban J connectivity index is 4.18. The number of hydrogen-bond donors (Lipinski definition) is 0. The molecular formula is C6H6F6. The number of alkyl halides is 6. The van der Waals surface area contributed by atoms with Crippen LogP contribution >= 0.6 is 0 Å². The van der Waals surface area contributed by atoms with Crippen LogP contribution in [0, 0.1) is 0 Å². The minimum absolute atomic E-state index is 0.00861. The van der Waals surface area contributed by atoms with Crippen molar-refractivity contribution in [1.82, 2.24) is 0 Å². The van der Waals surface area contributed by atoms with Gasteiger partial charge in [-0.2, -0.15) is 13.2 Å². The summed E-state index contributed by atoms with van der Waals surface area (Å²) in [6, 6.07) is 0. The Morgan fingerprint density at radius 1 is 1.17 bits per heavy atom. The summed E-state index contributed by atoms with van der Waals surface area (Å²) < 4.78 is 70.2. The minimum atomic E-state index is -5.23. The summed E-state index contributed by atoms with van der Waals surface area (Å²) in [6.07, 6.45) is -10.6. The summed E-state index contributed by atoms with van der Waals surface area (Å²) in [5, 5.41) is 0. The molecule has 0 aliphatic carbocycles. The van der Waals surface area contributed by atoms with Gasteiger partial charge in [-0.25, -0.2) is 13.2 Å². The predicted octanol–water partition coefficient (Wildman–Crippen LogP) is 3.10. The normalized spacial score (nSPS) is 15.8. The molecule has 0 bridgehead atoms. The van der Waals surface area contributed by atoms with Crippen molar-refractivity contribution in [3.05, 3.63) is 12.7 Å². The molecule has 0 spiro atoms. The van der Waals surface area contributed by atoms with Crippen LogP contribution in [0.25, 0.3) is 0 Å². The summed E-state index contributed by atoms with van der Waals surface area (Å²) in [5.41, 5.74) is 0. The Morgan fingerprint density at radius 3 is 1.83 bits per heavy atom. The fraction of sp³-hybridized carbons (Fsp3) is 0.667. The van der Waals surface area contributed by atoms with Crippen molar-refractivity contribution in [3.8, 4) is 0 Å². The van der Waals surface area contributed by atoms with Crippen LogP contribution < -0.4 is 0 Å². The van der Waals surface area contributed by atoms with E-state index < -0.39 is 24.7 Å². The Bertz CT molecular complexity index is 158. The van der Waals surface area contributed by atoms with Crippen molar-refractivity contribution in [2.24, 2.45) is 0 Å². The third kappa shape index (κ3) is 3.64. The van der Waals surface area contributed by atoms with Gasteiger partial charge in [0.15, 0.2) is 0 Å². The molecule has 0 aromatic rings. The molecule has 0 N–H and O–H groups in total. The van der Waals surface area contributed by atoms with Gasteiger partial charge in [-0.15, -0.1) is 0 Å². The first-order valence-corrected chi connectivity index (χ1v) is 2.91. The van der Waals surface area contributed by atoms with Crippen molar-refractivity contribution in [2.75, 3.05) is 0 Å². The molecule has 0 aliphatic rings. The van der Waals surface area contributed by atoms with E-state index in [9.17, 15) is 26.3 Å². The highest BCUT2D eigenvalue weighted by molar-refractivity contribution is 4.90. The average Bonchev–Trinajstić information content (AvgIpc) is 1.85. The van der Waals surface area contributed by atoms with Gasteiger partial charge in [-0.3, -0.25) is 0 Å². The van der Waals surface area contributed by atoms with Crippen molar-refractivity contribution in [1.29, 1.82) is 0 Å². The lowest BCUT2D eigenvalue weighted by Gasteiger charge is -2.16. The number of halogens is 6. The molecule has 0 nitrogen and oxygen atoms in total. The first-order valence-electron chi connectivity index (χ1n) is 2.91. The van der Waals surface area contributed by atoms with Crippen LogP contribution in [0.2, 0.25) is 0 Å². The zero-order valence-corrected chi connectivity index (χ0v) is 5.84. The lowest BCUT2D eigenvalue weighted by Crippen LogP contribution is -2.30. The largest absolute Gasteiger partial charge is 0.419 e. The van der Waals surface area contributed by atoms with E-state index in [1.807, 2.05) is 0 Å². The summed E-state index contributed by atoms with van der Waals surface area (Å²) in [6.45, 7) is 2.58. The number of rotatable bonds is 3. The molecule has 72 valence electrons. The maximum atomic E-state index is 12.1. The Labute approximate surface area is 64.9 Å². The van der Waals surface area contributed by atoms with E-state index >= 15 is 0 Å². The molecule has 0 rings (SSSR count). The molecule has 1 atom stereocenters. The highest BCUT2D eigenvalue weighted by Crippen LogP contribution is 2.32. The SMILES string of the molecule is C=CC(F)(F)CC(F)C(F)(F)F. The van der Waals surface area contributed by atoms with Crippen LogP contribution in [0.15, 0.2) is 12.7 Å². The third-order valence-corrected chi connectivity index (χ3v) is 1.11. The van der Waals surface area contributed by atoms with E-state index in [0.717, 1.165) is 0 Å². The van der Waals surface area contributed by atoms with Gasteiger partial charge in [0.05, 0.1) is 6.42 Å². The van der Waals surface area contributed by atoms with Crippen LogP contribution in [-0.2, 0) is 0 Å². The standard InChI is InChI=1S/C6H6F6/c1-2-5(8,9)3-4(7)6(10,11)12/h2,4H,1,3H2. The molecule has 12 heavy (non-hydrogen) atoms. The van der Waals surface area contributed by atoms with Gasteiger partial charge in [0, 0.05) is 0 Å². The van der Waals surface area contributed by atoms with Gasteiger partial charge in [0.2, 0.25) is 6.17 Å².